The molecular formula is C18H25N3O3. The molecule has 3 rings (SSSR count). The minimum atomic E-state index is -0.409. The molecule has 6 nitrogen and oxygen atoms in total. The van der Waals surface area contributed by atoms with Crippen molar-refractivity contribution in [1.82, 2.24) is 14.8 Å². The smallest absolute Gasteiger partial charge is 0.408 e. The number of carbonyl (C=O) groups is 1. The molecule has 1 aliphatic heterocycles. The average molecular weight is 331 g/mol. The third-order valence-corrected chi connectivity index (χ3v) is 4.85. The summed E-state index contributed by atoms with van der Waals surface area (Å²) in [6.45, 7) is 7.25. The Bertz CT molecular complexity index is 807. The van der Waals surface area contributed by atoms with Crippen LogP contribution < -0.4 is 11.1 Å². The average Bonchev–Trinajstić information content (AvgIpc) is 3.02. The van der Waals surface area contributed by atoms with Gasteiger partial charge in [0.15, 0.2) is 5.58 Å². The van der Waals surface area contributed by atoms with Crippen molar-refractivity contribution in [3.8, 4) is 0 Å². The second-order valence-electron chi connectivity index (χ2n) is 7.32. The van der Waals surface area contributed by atoms with Crippen molar-refractivity contribution < 1.29 is 9.21 Å². The Morgan fingerprint density at radius 3 is 2.92 bits per heavy atom. The molecule has 1 unspecified atom stereocenters. The number of hydrogen-bond acceptors (Lipinski definition) is 4. The number of aryl methyl sites for hydroxylation is 2. The molecule has 1 N–H and O–H groups in total. The second kappa shape index (κ2) is 6.43. The maximum absolute atomic E-state index is 12.2. The van der Waals surface area contributed by atoms with Gasteiger partial charge in [-0.05, 0) is 50.0 Å². The molecule has 2 heterocycles. The molecular weight excluding hydrogens is 306 g/mol. The lowest BCUT2D eigenvalue weighted by molar-refractivity contribution is -0.121. The summed E-state index contributed by atoms with van der Waals surface area (Å²) in [5.74, 6) is -0.438. The molecule has 130 valence electrons. The first-order valence-electron chi connectivity index (χ1n) is 8.42. The highest BCUT2D eigenvalue weighted by molar-refractivity contribution is 5.77. The third kappa shape index (κ3) is 3.53. The number of nitrogens with one attached hydrogen (secondary N) is 1. The maximum Gasteiger partial charge on any atom is 0.419 e. The van der Waals surface area contributed by atoms with Crippen molar-refractivity contribution in [2.75, 3.05) is 26.7 Å². The molecule has 1 amide bonds. The van der Waals surface area contributed by atoms with Crippen molar-refractivity contribution in [3.63, 3.8) is 0 Å². The number of benzene rings is 1. The number of nitrogens with zero attached hydrogens (tertiary/aromatic N) is 2. The van der Waals surface area contributed by atoms with E-state index in [0.717, 1.165) is 30.6 Å². The molecule has 2 aromatic rings. The first kappa shape index (κ1) is 16.8. The van der Waals surface area contributed by atoms with Gasteiger partial charge in [0, 0.05) is 26.1 Å². The van der Waals surface area contributed by atoms with Crippen molar-refractivity contribution in [2.45, 2.75) is 33.2 Å². The number of rotatable bonds is 5. The topological polar surface area (TPSA) is 67.5 Å². The van der Waals surface area contributed by atoms with E-state index in [2.05, 4.69) is 24.2 Å². The van der Waals surface area contributed by atoms with Crippen molar-refractivity contribution in [1.29, 1.82) is 0 Å². The van der Waals surface area contributed by atoms with Gasteiger partial charge in [0.05, 0.1) is 5.52 Å². The zero-order valence-corrected chi connectivity index (χ0v) is 14.6. The Morgan fingerprint density at radius 2 is 2.21 bits per heavy atom. The highest BCUT2D eigenvalue weighted by Gasteiger charge is 2.32. The van der Waals surface area contributed by atoms with Crippen LogP contribution in [0.5, 0.6) is 0 Å². The zero-order valence-electron chi connectivity index (χ0n) is 14.6. The summed E-state index contributed by atoms with van der Waals surface area (Å²) >= 11 is 0. The maximum atomic E-state index is 12.2. The summed E-state index contributed by atoms with van der Waals surface area (Å²) in [6, 6.07) is 5.61. The quantitative estimate of drug-likeness (QED) is 0.906. The Morgan fingerprint density at radius 1 is 1.42 bits per heavy atom. The summed E-state index contributed by atoms with van der Waals surface area (Å²) in [5.41, 5.74) is 2.50. The minimum Gasteiger partial charge on any atom is -0.408 e. The number of oxazole rings is 1. The van der Waals surface area contributed by atoms with Crippen LogP contribution in [0, 0.1) is 12.3 Å². The fraction of sp³-hybridized carbons (Fsp3) is 0.556. The molecule has 1 saturated heterocycles. The van der Waals surface area contributed by atoms with Gasteiger partial charge >= 0.3 is 5.76 Å². The van der Waals surface area contributed by atoms with E-state index < -0.39 is 5.76 Å². The van der Waals surface area contributed by atoms with Crippen LogP contribution in [0.3, 0.4) is 0 Å². The van der Waals surface area contributed by atoms with E-state index in [1.807, 2.05) is 19.1 Å². The van der Waals surface area contributed by atoms with Gasteiger partial charge in [0.25, 0.3) is 0 Å². The van der Waals surface area contributed by atoms with Crippen LogP contribution in [-0.4, -0.2) is 42.1 Å². The molecule has 6 heteroatoms. The number of hydrogen-bond donors (Lipinski definition) is 1. The Balaban J connectivity index is 1.60. The van der Waals surface area contributed by atoms with E-state index >= 15 is 0 Å². The van der Waals surface area contributed by atoms with Crippen LogP contribution in [0.25, 0.3) is 11.1 Å². The molecule has 0 radical (unpaired) electrons. The highest BCUT2D eigenvalue weighted by atomic mass is 16.4. The highest BCUT2D eigenvalue weighted by Crippen LogP contribution is 2.27. The summed E-state index contributed by atoms with van der Waals surface area (Å²) in [5, 5.41) is 3.02. The normalized spacial score (nSPS) is 21.5. The van der Waals surface area contributed by atoms with E-state index in [9.17, 15) is 9.59 Å². The molecule has 1 aromatic carbocycles. The Hall–Kier alpha value is -2.08. The van der Waals surface area contributed by atoms with Crippen LogP contribution in [0.2, 0.25) is 0 Å². The lowest BCUT2D eigenvalue weighted by Gasteiger charge is -2.24. The predicted molar refractivity (Wildman–Crippen MR) is 93.1 cm³/mol. The standard InChI is InChI=1S/C18H25N3O3/c1-13-4-5-15-14(10-13)21(17(23)24-15)8-6-16(22)19-11-18(2)7-9-20(3)12-18/h4-5,10H,6-9,11-12H2,1-3H3,(H,19,22). The zero-order chi connectivity index (χ0) is 17.3. The van der Waals surface area contributed by atoms with Crippen molar-refractivity contribution in [3.05, 3.63) is 34.3 Å². The van der Waals surface area contributed by atoms with Gasteiger partial charge in [-0.3, -0.25) is 9.36 Å². The molecule has 1 fully saturated rings. The fourth-order valence-corrected chi connectivity index (χ4v) is 3.41. The van der Waals surface area contributed by atoms with Gasteiger partial charge in [-0.1, -0.05) is 13.0 Å². The van der Waals surface area contributed by atoms with E-state index in [1.54, 1.807) is 6.07 Å². The van der Waals surface area contributed by atoms with E-state index in [-0.39, 0.29) is 17.7 Å². The van der Waals surface area contributed by atoms with E-state index in [4.69, 9.17) is 4.42 Å². The first-order chi connectivity index (χ1) is 11.4. The number of amides is 1. The lowest BCUT2D eigenvalue weighted by Crippen LogP contribution is -2.37. The molecule has 1 aromatic heterocycles. The SMILES string of the molecule is Cc1ccc2oc(=O)n(CCC(=O)NCC3(C)CCN(C)C3)c2c1. The Kier molecular flexibility index (Phi) is 4.49. The van der Waals surface area contributed by atoms with Gasteiger partial charge in [-0.15, -0.1) is 0 Å². The van der Waals surface area contributed by atoms with Crippen LogP contribution in [0.15, 0.2) is 27.4 Å². The third-order valence-electron chi connectivity index (χ3n) is 4.85. The predicted octanol–water partition coefficient (Wildman–Crippen LogP) is 1.75. The molecule has 0 saturated carbocycles. The van der Waals surface area contributed by atoms with Gasteiger partial charge in [-0.25, -0.2) is 4.79 Å². The second-order valence-corrected chi connectivity index (χ2v) is 7.32. The van der Waals surface area contributed by atoms with Gasteiger partial charge < -0.3 is 14.6 Å². The van der Waals surface area contributed by atoms with E-state index in [1.165, 1.54) is 4.57 Å². The van der Waals surface area contributed by atoms with Crippen molar-refractivity contribution >= 4 is 17.0 Å². The summed E-state index contributed by atoms with van der Waals surface area (Å²) in [7, 11) is 2.10. The first-order valence-corrected chi connectivity index (χ1v) is 8.42. The van der Waals surface area contributed by atoms with E-state index in [0.29, 0.717) is 18.7 Å². The minimum absolute atomic E-state index is 0.0281. The molecule has 0 bridgehead atoms. The molecule has 1 aliphatic rings. The van der Waals surface area contributed by atoms with Crippen LogP contribution in [0.4, 0.5) is 0 Å². The van der Waals surface area contributed by atoms with Crippen LogP contribution in [0.1, 0.15) is 25.3 Å². The largest absolute Gasteiger partial charge is 0.419 e. The lowest BCUT2D eigenvalue weighted by atomic mass is 9.90. The summed E-state index contributed by atoms with van der Waals surface area (Å²) < 4.78 is 6.76. The number of likely N-dealkylation sites (tertiary alicyclic amines) is 1. The van der Waals surface area contributed by atoms with Gasteiger partial charge in [0.1, 0.15) is 0 Å². The van der Waals surface area contributed by atoms with Gasteiger partial charge in [-0.2, -0.15) is 0 Å². The van der Waals surface area contributed by atoms with Gasteiger partial charge in [0.2, 0.25) is 5.91 Å². The van der Waals surface area contributed by atoms with Crippen LogP contribution in [-0.2, 0) is 11.3 Å². The molecule has 0 spiro atoms. The van der Waals surface area contributed by atoms with Crippen LogP contribution >= 0.6 is 0 Å². The summed E-state index contributed by atoms with van der Waals surface area (Å²) in [6.07, 6.45) is 1.36. The number of aromatic nitrogens is 1. The number of fused-ring (bicyclic) bond motifs is 1. The molecule has 24 heavy (non-hydrogen) atoms. The number of carbonyl (C=O) groups excluding carboxylic acids is 1. The molecule has 1 atom stereocenters. The fourth-order valence-electron chi connectivity index (χ4n) is 3.41. The summed E-state index contributed by atoms with van der Waals surface area (Å²) in [4.78, 5) is 26.4. The Labute approximate surface area is 141 Å². The molecule has 0 aliphatic carbocycles. The van der Waals surface area contributed by atoms with Crippen molar-refractivity contribution in [2.24, 2.45) is 5.41 Å². The monoisotopic (exact) mass is 331 g/mol.